The zero-order chi connectivity index (χ0) is 35.4. The Morgan fingerprint density at radius 2 is 1.82 bits per heavy atom. The minimum absolute atomic E-state index is 0.155. The molecule has 0 unspecified atom stereocenters. The van der Waals surface area contributed by atoms with Crippen molar-refractivity contribution in [2.45, 2.75) is 31.6 Å². The maximum atomic E-state index is 14.3. The topological polar surface area (TPSA) is 135 Å². The lowest BCUT2D eigenvalue weighted by atomic mass is 9.82. The molecule has 6 rings (SSSR count). The fourth-order valence-corrected chi connectivity index (χ4v) is 6.16. The Balaban J connectivity index is 1.33. The normalized spacial score (nSPS) is 18.0. The molecule has 2 aromatic carbocycles. The Hall–Kier alpha value is -5.41. The second-order valence-corrected chi connectivity index (χ2v) is 11.9. The molecule has 2 atom stereocenters. The van der Waals surface area contributed by atoms with E-state index in [1.54, 1.807) is 29.9 Å². The second kappa shape index (κ2) is 14.6. The number of halogens is 3. The van der Waals surface area contributed by atoms with Crippen molar-refractivity contribution in [3.63, 3.8) is 0 Å². The fourth-order valence-electron chi connectivity index (χ4n) is 6.16. The van der Waals surface area contributed by atoms with Crippen LogP contribution in [0.25, 0.3) is 5.69 Å². The van der Waals surface area contributed by atoms with E-state index < -0.39 is 41.5 Å². The van der Waals surface area contributed by atoms with E-state index in [-0.39, 0.29) is 19.0 Å². The molecular formula is C35H35F3N8O4. The molecule has 0 spiro atoms. The lowest BCUT2D eigenvalue weighted by Gasteiger charge is -2.38. The highest BCUT2D eigenvalue weighted by molar-refractivity contribution is 6.04. The molecule has 1 saturated heterocycles. The monoisotopic (exact) mass is 688 g/mol. The minimum atomic E-state index is -4.80. The Kier molecular flexibility index (Phi) is 10.1. The van der Waals surface area contributed by atoms with Gasteiger partial charge in [0, 0.05) is 56.0 Å². The van der Waals surface area contributed by atoms with E-state index >= 15 is 0 Å². The number of likely N-dealkylation sites (N-methyl/N-ethyl adjacent to an activating group) is 1. The molecule has 50 heavy (non-hydrogen) atoms. The van der Waals surface area contributed by atoms with Crippen molar-refractivity contribution in [3.05, 3.63) is 113 Å². The number of para-hydroxylation sites is 1. The number of hydrogen-bond acceptors (Lipinski definition) is 8. The summed E-state index contributed by atoms with van der Waals surface area (Å²) in [4.78, 5) is 51.4. The zero-order valence-electron chi connectivity index (χ0n) is 27.2. The van der Waals surface area contributed by atoms with Crippen molar-refractivity contribution in [1.29, 1.82) is 0 Å². The number of nitrogens with one attached hydrogen (secondary N) is 2. The number of amides is 3. The van der Waals surface area contributed by atoms with Gasteiger partial charge in [-0.15, -0.1) is 0 Å². The number of morpholine rings is 1. The highest BCUT2D eigenvalue weighted by Gasteiger charge is 2.45. The first-order valence-corrected chi connectivity index (χ1v) is 16.1. The van der Waals surface area contributed by atoms with Gasteiger partial charge < -0.3 is 15.4 Å². The summed E-state index contributed by atoms with van der Waals surface area (Å²) < 4.78 is 47.2. The largest absolute Gasteiger partial charge is 0.433 e. The molecule has 1 fully saturated rings. The summed E-state index contributed by atoms with van der Waals surface area (Å²) in [5.41, 5.74) is 1.75. The van der Waals surface area contributed by atoms with Crippen molar-refractivity contribution in [2.75, 3.05) is 44.3 Å². The van der Waals surface area contributed by atoms with Crippen LogP contribution in [0.4, 0.5) is 19.0 Å². The Morgan fingerprint density at radius 1 is 1.06 bits per heavy atom. The average Bonchev–Trinajstić information content (AvgIpc) is 3.56. The molecule has 0 bridgehead atoms. The number of fused-ring (bicyclic) bond motifs is 1. The number of ether oxygens (including phenoxy) is 1. The smallest absolute Gasteiger partial charge is 0.379 e. The van der Waals surface area contributed by atoms with E-state index in [0.29, 0.717) is 72.7 Å². The summed E-state index contributed by atoms with van der Waals surface area (Å²) >= 11 is 0. The number of hydrogen-bond donors (Lipinski definition) is 2. The average molecular weight is 689 g/mol. The second-order valence-electron chi connectivity index (χ2n) is 11.9. The Morgan fingerprint density at radius 3 is 2.54 bits per heavy atom. The number of carbonyl (C=O) groups excluding carboxylic acids is 3. The highest BCUT2D eigenvalue weighted by atomic mass is 19.4. The van der Waals surface area contributed by atoms with Crippen LogP contribution in [0.3, 0.4) is 0 Å². The van der Waals surface area contributed by atoms with Gasteiger partial charge in [0.2, 0.25) is 11.7 Å². The van der Waals surface area contributed by atoms with Gasteiger partial charge in [-0.2, -0.15) is 18.3 Å². The van der Waals surface area contributed by atoms with Gasteiger partial charge in [0.25, 0.3) is 11.8 Å². The molecule has 0 saturated carbocycles. The molecule has 12 nitrogen and oxygen atoms in total. The molecule has 4 aromatic rings. The van der Waals surface area contributed by atoms with Crippen LogP contribution >= 0.6 is 0 Å². The third-order valence-electron chi connectivity index (χ3n) is 8.58. The van der Waals surface area contributed by atoms with E-state index in [9.17, 15) is 27.6 Å². The maximum absolute atomic E-state index is 14.3. The predicted octanol–water partition coefficient (Wildman–Crippen LogP) is 3.48. The molecular weight excluding hydrogens is 653 g/mol. The standard InChI is InChI=1S/C35H35F3N8O4/c1-3-45-33-26(20-41-46(33)25-10-5-4-6-11-25)28(29(34(45)49)43-32(48)30-39-13-12-27(42-30)35(36,37)38)24-9-7-8-23(18-24)19-40-31(47)22(2)21-44-14-16-50-17-15-44/h4-13,18,20,28-29H,2-3,14-17,19,21H2,1H3,(H,40,47)(H,43,48)/t28-,29+/m0/s1. The van der Waals surface area contributed by atoms with Gasteiger partial charge in [-0.25, -0.2) is 14.6 Å². The van der Waals surface area contributed by atoms with Crippen LogP contribution in [0.2, 0.25) is 0 Å². The number of nitrogens with zero attached hydrogens (tertiary/aromatic N) is 6. The van der Waals surface area contributed by atoms with Gasteiger partial charge in [0.15, 0.2) is 0 Å². The molecule has 15 heteroatoms. The van der Waals surface area contributed by atoms with Crippen molar-refractivity contribution in [1.82, 2.24) is 35.3 Å². The molecule has 0 radical (unpaired) electrons. The highest BCUT2D eigenvalue weighted by Crippen LogP contribution is 2.41. The Bertz CT molecular complexity index is 1890. The number of rotatable bonds is 10. The minimum Gasteiger partial charge on any atom is -0.379 e. The SMILES string of the molecule is C=C(CN1CCOCC1)C(=O)NCc1cccc([C@H]2c3cnn(-c4ccccc4)c3N(CC)C(=O)[C@@H]2NC(=O)c2nccc(C(F)(F)F)n2)c1. The summed E-state index contributed by atoms with van der Waals surface area (Å²) in [5, 5.41) is 10.2. The van der Waals surface area contributed by atoms with Gasteiger partial charge in [-0.1, -0.05) is 49.0 Å². The Labute approximate surface area is 286 Å². The van der Waals surface area contributed by atoms with Gasteiger partial charge >= 0.3 is 6.18 Å². The maximum Gasteiger partial charge on any atom is 0.433 e. The van der Waals surface area contributed by atoms with Crippen molar-refractivity contribution in [3.8, 4) is 5.69 Å². The van der Waals surface area contributed by atoms with Crippen LogP contribution in [0.5, 0.6) is 0 Å². The van der Waals surface area contributed by atoms with Gasteiger partial charge in [-0.3, -0.25) is 24.2 Å². The zero-order valence-corrected chi connectivity index (χ0v) is 27.2. The van der Waals surface area contributed by atoms with Crippen molar-refractivity contribution < 1.29 is 32.3 Å². The summed E-state index contributed by atoms with van der Waals surface area (Å²) in [6, 6.07) is 15.8. The van der Waals surface area contributed by atoms with E-state index in [4.69, 9.17) is 4.74 Å². The van der Waals surface area contributed by atoms with E-state index in [1.165, 1.54) is 4.90 Å². The molecule has 4 heterocycles. The van der Waals surface area contributed by atoms with Crippen LogP contribution in [-0.2, 0) is 27.0 Å². The van der Waals surface area contributed by atoms with E-state index in [2.05, 4.69) is 37.2 Å². The first kappa shape index (κ1) is 34.5. The summed E-state index contributed by atoms with van der Waals surface area (Å²) in [7, 11) is 0. The van der Waals surface area contributed by atoms with Crippen LogP contribution in [0.15, 0.2) is 85.2 Å². The van der Waals surface area contributed by atoms with Crippen LogP contribution in [0, 0.1) is 0 Å². The summed E-state index contributed by atoms with van der Waals surface area (Å²) in [5.74, 6) is -2.90. The first-order valence-electron chi connectivity index (χ1n) is 16.1. The van der Waals surface area contributed by atoms with Gasteiger partial charge in [-0.05, 0) is 36.2 Å². The molecule has 0 aliphatic carbocycles. The third-order valence-corrected chi connectivity index (χ3v) is 8.58. The molecule has 2 aliphatic heterocycles. The molecule has 2 N–H and O–H groups in total. The molecule has 3 amide bonds. The van der Waals surface area contributed by atoms with Crippen LogP contribution < -0.4 is 15.5 Å². The first-order chi connectivity index (χ1) is 24.0. The lowest BCUT2D eigenvalue weighted by Crippen LogP contribution is -2.55. The van der Waals surface area contributed by atoms with Crippen molar-refractivity contribution in [2.24, 2.45) is 0 Å². The van der Waals surface area contributed by atoms with Crippen molar-refractivity contribution >= 4 is 23.5 Å². The van der Waals surface area contributed by atoms with Gasteiger partial charge in [0.1, 0.15) is 17.6 Å². The molecule has 260 valence electrons. The number of alkyl halides is 3. The molecule has 2 aliphatic rings. The van der Waals surface area contributed by atoms with E-state index in [1.807, 2.05) is 42.5 Å². The van der Waals surface area contributed by atoms with Crippen LogP contribution in [-0.4, -0.2) is 87.8 Å². The lowest BCUT2D eigenvalue weighted by molar-refractivity contribution is -0.141. The summed E-state index contributed by atoms with van der Waals surface area (Å²) in [6.07, 6.45) is -2.34. The quantitative estimate of drug-likeness (QED) is 0.242. The number of carbonyl (C=O) groups is 3. The molecule has 2 aromatic heterocycles. The predicted molar refractivity (Wildman–Crippen MR) is 176 cm³/mol. The number of anilines is 1. The van der Waals surface area contributed by atoms with Crippen LogP contribution in [0.1, 0.15) is 45.8 Å². The van der Waals surface area contributed by atoms with E-state index in [0.717, 1.165) is 6.20 Å². The third kappa shape index (κ3) is 7.28. The fraction of sp³-hybridized carbons (Fsp3) is 0.314. The summed E-state index contributed by atoms with van der Waals surface area (Å²) in [6.45, 7) is 9.13. The number of aromatic nitrogens is 4. The number of benzene rings is 2. The van der Waals surface area contributed by atoms with Gasteiger partial charge in [0.05, 0.1) is 25.1 Å².